The van der Waals surface area contributed by atoms with Gasteiger partial charge in [-0.15, -0.1) is 0 Å². The van der Waals surface area contributed by atoms with Crippen molar-refractivity contribution in [1.29, 1.82) is 0 Å². The number of carbonyl (C=O) groups is 2. The lowest BCUT2D eigenvalue weighted by molar-refractivity contribution is -0.385. The minimum absolute atomic E-state index is 0.0122. The molecule has 1 N–H and O–H groups in total. The van der Waals surface area contributed by atoms with E-state index in [1.165, 1.54) is 43.7 Å². The monoisotopic (exact) mass is 544 g/mol. The summed E-state index contributed by atoms with van der Waals surface area (Å²) in [7, 11) is 0. The maximum absolute atomic E-state index is 13.2. The summed E-state index contributed by atoms with van der Waals surface area (Å²) in [5.74, 6) is -0.0248. The number of piperazine rings is 1. The largest absolute Gasteiger partial charge is 0.368 e. The number of anilines is 2. The topological polar surface area (TPSA) is 114 Å². The fraction of sp³-hybridized carbons (Fsp3) is 0.433. The van der Waals surface area contributed by atoms with Gasteiger partial charge in [-0.2, -0.15) is 5.10 Å². The van der Waals surface area contributed by atoms with Gasteiger partial charge < -0.3 is 15.1 Å². The maximum atomic E-state index is 13.2. The highest BCUT2D eigenvalue weighted by Gasteiger charge is 2.27. The Morgan fingerprint density at radius 1 is 0.975 bits per heavy atom. The first-order valence-corrected chi connectivity index (χ1v) is 14.1. The van der Waals surface area contributed by atoms with E-state index < -0.39 is 10.8 Å². The Morgan fingerprint density at radius 3 is 2.33 bits per heavy atom. The quantitative estimate of drug-likeness (QED) is 0.304. The first-order valence-electron chi connectivity index (χ1n) is 14.1. The Labute approximate surface area is 234 Å². The van der Waals surface area contributed by atoms with Crippen LogP contribution in [-0.4, -0.2) is 57.6 Å². The molecule has 10 heteroatoms. The highest BCUT2D eigenvalue weighted by molar-refractivity contribution is 6.07. The van der Waals surface area contributed by atoms with Crippen LogP contribution in [0.5, 0.6) is 0 Å². The standard InChI is InChI=1S/C30H36N6O4/c1-21(2)35-28(14-15-31-35)30(38)34-18-16-33(17-19-34)25-12-13-27(36(39)40)26(20-25)29(37)32-24-10-8-23(9-11-24)22-6-4-3-5-7-22/h8-15,20-22H,3-7,16-19H2,1-2H3,(H,32,37). The van der Waals surface area contributed by atoms with Crippen LogP contribution < -0.4 is 10.2 Å². The highest BCUT2D eigenvalue weighted by atomic mass is 16.6. The van der Waals surface area contributed by atoms with Crippen LogP contribution in [0.25, 0.3) is 0 Å². The number of hydrogen-bond acceptors (Lipinski definition) is 6. The molecule has 2 aromatic carbocycles. The fourth-order valence-corrected chi connectivity index (χ4v) is 5.76. The second kappa shape index (κ2) is 11.9. The van der Waals surface area contributed by atoms with Crippen LogP contribution in [0.4, 0.5) is 17.1 Å². The van der Waals surface area contributed by atoms with Crippen LogP contribution in [0.15, 0.2) is 54.7 Å². The second-order valence-corrected chi connectivity index (χ2v) is 10.9. The number of nitro benzene ring substituents is 1. The van der Waals surface area contributed by atoms with E-state index in [9.17, 15) is 19.7 Å². The number of amides is 2. The summed E-state index contributed by atoms with van der Waals surface area (Å²) in [6.07, 6.45) is 7.81. The molecule has 10 nitrogen and oxygen atoms in total. The minimum atomic E-state index is -0.528. The number of carbonyl (C=O) groups excluding carboxylic acids is 2. The summed E-state index contributed by atoms with van der Waals surface area (Å²) < 4.78 is 1.72. The van der Waals surface area contributed by atoms with E-state index in [4.69, 9.17) is 0 Å². The van der Waals surface area contributed by atoms with Crippen molar-refractivity contribution in [3.8, 4) is 0 Å². The molecule has 5 rings (SSSR count). The Kier molecular flexibility index (Phi) is 8.14. The third-order valence-electron chi connectivity index (χ3n) is 7.98. The van der Waals surface area contributed by atoms with Gasteiger partial charge in [0.05, 0.1) is 4.92 Å². The molecule has 1 aliphatic heterocycles. The summed E-state index contributed by atoms with van der Waals surface area (Å²) in [4.78, 5) is 41.4. The molecule has 3 aromatic rings. The molecule has 1 aliphatic carbocycles. The molecule has 1 saturated heterocycles. The molecule has 40 heavy (non-hydrogen) atoms. The molecular weight excluding hydrogens is 508 g/mol. The third kappa shape index (κ3) is 5.85. The third-order valence-corrected chi connectivity index (χ3v) is 7.98. The molecule has 0 radical (unpaired) electrons. The van der Waals surface area contributed by atoms with Gasteiger partial charge in [-0.1, -0.05) is 31.4 Å². The second-order valence-electron chi connectivity index (χ2n) is 10.9. The van der Waals surface area contributed by atoms with E-state index >= 15 is 0 Å². The molecular formula is C30H36N6O4. The zero-order chi connectivity index (χ0) is 28.2. The number of hydrogen-bond donors (Lipinski definition) is 1. The molecule has 0 unspecified atom stereocenters. The van der Waals surface area contributed by atoms with Crippen molar-refractivity contribution >= 4 is 28.9 Å². The van der Waals surface area contributed by atoms with Crippen LogP contribution in [0.1, 0.15) is 84.3 Å². The summed E-state index contributed by atoms with van der Waals surface area (Å²) in [5.41, 5.74) is 2.93. The number of benzene rings is 2. The van der Waals surface area contributed by atoms with Crippen molar-refractivity contribution in [3.05, 3.63) is 81.7 Å². The Bertz CT molecular complexity index is 1370. The number of nitrogens with zero attached hydrogens (tertiary/aromatic N) is 5. The molecule has 0 spiro atoms. The van der Waals surface area contributed by atoms with Gasteiger partial charge in [0, 0.05) is 55.9 Å². The van der Waals surface area contributed by atoms with Gasteiger partial charge in [0.15, 0.2) is 0 Å². The van der Waals surface area contributed by atoms with E-state index in [-0.39, 0.29) is 23.2 Å². The zero-order valence-corrected chi connectivity index (χ0v) is 23.1. The Balaban J connectivity index is 1.27. The zero-order valence-electron chi connectivity index (χ0n) is 23.1. The minimum Gasteiger partial charge on any atom is -0.368 e. The molecule has 2 heterocycles. The summed E-state index contributed by atoms with van der Waals surface area (Å²) in [6, 6.07) is 14.3. The molecule has 1 aromatic heterocycles. The van der Waals surface area contributed by atoms with E-state index in [2.05, 4.69) is 10.4 Å². The van der Waals surface area contributed by atoms with Crippen molar-refractivity contribution in [2.24, 2.45) is 0 Å². The number of nitro groups is 1. The van der Waals surface area contributed by atoms with Crippen LogP contribution >= 0.6 is 0 Å². The van der Waals surface area contributed by atoms with Crippen LogP contribution in [0.3, 0.4) is 0 Å². The molecule has 210 valence electrons. The SMILES string of the molecule is CC(C)n1nccc1C(=O)N1CCN(c2ccc([N+](=O)[O-])c(C(=O)Nc3ccc(C4CCCCC4)cc3)c2)CC1. The van der Waals surface area contributed by atoms with Gasteiger partial charge >= 0.3 is 0 Å². The Hall–Kier alpha value is -4.21. The van der Waals surface area contributed by atoms with Crippen molar-refractivity contribution < 1.29 is 14.5 Å². The predicted octanol–water partition coefficient (Wildman–Crippen LogP) is 5.63. The molecule has 1 saturated carbocycles. The number of nitrogens with one attached hydrogen (secondary N) is 1. The average molecular weight is 545 g/mol. The van der Waals surface area contributed by atoms with Gasteiger partial charge in [-0.3, -0.25) is 24.4 Å². The summed E-state index contributed by atoms with van der Waals surface area (Å²) in [6.45, 7) is 6.04. The molecule has 2 aliphatic rings. The number of aromatic nitrogens is 2. The maximum Gasteiger partial charge on any atom is 0.282 e. The first-order chi connectivity index (χ1) is 19.3. The van der Waals surface area contributed by atoms with E-state index in [1.54, 1.807) is 34.0 Å². The van der Waals surface area contributed by atoms with Gasteiger partial charge in [0.2, 0.25) is 0 Å². The fourth-order valence-electron chi connectivity index (χ4n) is 5.76. The normalized spacial score (nSPS) is 16.3. The lowest BCUT2D eigenvalue weighted by Gasteiger charge is -2.36. The Morgan fingerprint density at radius 2 is 1.68 bits per heavy atom. The lowest BCUT2D eigenvalue weighted by Crippen LogP contribution is -2.49. The molecule has 0 bridgehead atoms. The summed E-state index contributed by atoms with van der Waals surface area (Å²) in [5, 5.41) is 18.9. The number of rotatable bonds is 7. The van der Waals surface area contributed by atoms with E-state index in [0.29, 0.717) is 49.2 Å². The van der Waals surface area contributed by atoms with E-state index in [0.717, 1.165) is 0 Å². The van der Waals surface area contributed by atoms with Crippen molar-refractivity contribution in [1.82, 2.24) is 14.7 Å². The molecule has 2 fully saturated rings. The lowest BCUT2D eigenvalue weighted by atomic mass is 9.84. The van der Waals surface area contributed by atoms with Crippen LogP contribution in [0, 0.1) is 10.1 Å². The van der Waals surface area contributed by atoms with Crippen molar-refractivity contribution in [3.63, 3.8) is 0 Å². The smallest absolute Gasteiger partial charge is 0.282 e. The molecule has 0 atom stereocenters. The average Bonchev–Trinajstić information content (AvgIpc) is 3.48. The molecule has 2 amide bonds. The van der Waals surface area contributed by atoms with Crippen molar-refractivity contribution in [2.75, 3.05) is 36.4 Å². The van der Waals surface area contributed by atoms with Gasteiger partial charge in [0.1, 0.15) is 11.3 Å². The van der Waals surface area contributed by atoms with Crippen LogP contribution in [0.2, 0.25) is 0 Å². The van der Waals surface area contributed by atoms with Crippen molar-refractivity contribution in [2.45, 2.75) is 57.9 Å². The predicted molar refractivity (Wildman–Crippen MR) is 154 cm³/mol. The van der Waals surface area contributed by atoms with E-state index in [1.807, 2.05) is 43.0 Å². The van der Waals surface area contributed by atoms with Gasteiger partial charge in [-0.05, 0) is 68.5 Å². The summed E-state index contributed by atoms with van der Waals surface area (Å²) >= 11 is 0. The van der Waals surface area contributed by atoms with Gasteiger partial charge in [-0.25, -0.2) is 0 Å². The first kappa shape index (κ1) is 27.4. The highest BCUT2D eigenvalue weighted by Crippen LogP contribution is 2.33. The van der Waals surface area contributed by atoms with Crippen LogP contribution in [-0.2, 0) is 0 Å². The van der Waals surface area contributed by atoms with Gasteiger partial charge in [0.25, 0.3) is 17.5 Å².